The summed E-state index contributed by atoms with van der Waals surface area (Å²) in [7, 11) is 0. The second kappa shape index (κ2) is 8.73. The molecule has 3 aromatic rings. The molecule has 1 aromatic carbocycles. The number of pyridine rings is 2. The molecule has 0 aliphatic carbocycles. The highest BCUT2D eigenvalue weighted by Crippen LogP contribution is 2.27. The zero-order chi connectivity index (χ0) is 20.1. The molecule has 0 atom stereocenters. The van der Waals surface area contributed by atoms with Crippen LogP contribution in [0.4, 0.5) is 16.3 Å². The number of amides is 2. The summed E-state index contributed by atoms with van der Waals surface area (Å²) in [5.74, 6) is 1.01. The smallest absolute Gasteiger partial charge is 0.319 e. The molecule has 29 heavy (non-hydrogen) atoms. The molecule has 2 aromatic heterocycles. The lowest BCUT2D eigenvalue weighted by atomic mass is 10.0. The number of para-hydroxylation sites is 1. The maximum Gasteiger partial charge on any atom is 0.319 e. The van der Waals surface area contributed by atoms with Crippen molar-refractivity contribution in [1.82, 2.24) is 15.3 Å². The minimum atomic E-state index is -0.168. The van der Waals surface area contributed by atoms with Crippen LogP contribution in [-0.2, 0) is 0 Å². The molecule has 0 saturated carbocycles. The predicted molar refractivity (Wildman–Crippen MR) is 116 cm³/mol. The van der Waals surface area contributed by atoms with Gasteiger partial charge in [0.1, 0.15) is 5.82 Å². The van der Waals surface area contributed by atoms with Crippen LogP contribution in [0.2, 0.25) is 0 Å². The largest absolute Gasteiger partial charge is 0.356 e. The standard InChI is InChI=1S/C23H25N5O/c1-17-5-4-8-22(25-17)28-15-11-19(12-16-28)26-23(29)27-21-7-3-2-6-20(21)18-9-13-24-14-10-18/h2-10,13-14,19H,11-12,15-16H2,1H3,(H2,26,27,29). The van der Waals surface area contributed by atoms with Crippen molar-refractivity contribution in [1.29, 1.82) is 0 Å². The van der Waals surface area contributed by atoms with Gasteiger partial charge in [-0.15, -0.1) is 0 Å². The Labute approximate surface area is 171 Å². The number of hydrogen-bond donors (Lipinski definition) is 2. The van der Waals surface area contributed by atoms with E-state index in [4.69, 9.17) is 0 Å². The van der Waals surface area contributed by atoms with Gasteiger partial charge in [0.25, 0.3) is 0 Å². The van der Waals surface area contributed by atoms with Crippen molar-refractivity contribution in [2.24, 2.45) is 0 Å². The molecule has 1 fully saturated rings. The van der Waals surface area contributed by atoms with Gasteiger partial charge in [0.2, 0.25) is 0 Å². The number of benzene rings is 1. The number of aromatic nitrogens is 2. The average molecular weight is 387 g/mol. The van der Waals surface area contributed by atoms with Crippen molar-refractivity contribution in [3.05, 3.63) is 72.7 Å². The maximum atomic E-state index is 12.6. The molecule has 4 rings (SSSR count). The third-order valence-electron chi connectivity index (χ3n) is 5.19. The van der Waals surface area contributed by atoms with Gasteiger partial charge in [0.15, 0.2) is 0 Å². The summed E-state index contributed by atoms with van der Waals surface area (Å²) in [6.07, 6.45) is 5.30. The fraction of sp³-hybridized carbons (Fsp3) is 0.261. The SMILES string of the molecule is Cc1cccc(N2CCC(NC(=O)Nc3ccccc3-c3ccncc3)CC2)n1. The molecular formula is C23H25N5O. The first-order valence-electron chi connectivity index (χ1n) is 9.94. The van der Waals surface area contributed by atoms with Crippen molar-refractivity contribution in [2.45, 2.75) is 25.8 Å². The molecule has 2 N–H and O–H groups in total. The summed E-state index contributed by atoms with van der Waals surface area (Å²) < 4.78 is 0. The van der Waals surface area contributed by atoms with Crippen LogP contribution in [-0.4, -0.2) is 35.1 Å². The van der Waals surface area contributed by atoms with Gasteiger partial charge in [0.05, 0.1) is 5.69 Å². The van der Waals surface area contributed by atoms with Crippen LogP contribution in [0, 0.1) is 6.92 Å². The highest BCUT2D eigenvalue weighted by Gasteiger charge is 2.22. The van der Waals surface area contributed by atoms with E-state index in [2.05, 4.69) is 25.5 Å². The summed E-state index contributed by atoms with van der Waals surface area (Å²) in [6, 6.07) is 17.8. The molecule has 0 radical (unpaired) electrons. The summed E-state index contributed by atoms with van der Waals surface area (Å²) in [5, 5.41) is 6.13. The minimum Gasteiger partial charge on any atom is -0.356 e. The number of anilines is 2. The van der Waals surface area contributed by atoms with Crippen LogP contribution < -0.4 is 15.5 Å². The number of nitrogens with zero attached hydrogens (tertiary/aromatic N) is 3. The Morgan fingerprint density at radius 2 is 1.76 bits per heavy atom. The second-order valence-corrected chi connectivity index (χ2v) is 7.28. The van der Waals surface area contributed by atoms with Crippen molar-refractivity contribution in [2.75, 3.05) is 23.3 Å². The third kappa shape index (κ3) is 4.71. The molecule has 3 heterocycles. The first-order valence-corrected chi connectivity index (χ1v) is 9.94. The van der Waals surface area contributed by atoms with Crippen LogP contribution in [0.1, 0.15) is 18.5 Å². The van der Waals surface area contributed by atoms with Crippen LogP contribution >= 0.6 is 0 Å². The van der Waals surface area contributed by atoms with Gasteiger partial charge in [0, 0.05) is 42.8 Å². The molecule has 148 valence electrons. The monoisotopic (exact) mass is 387 g/mol. The van der Waals surface area contributed by atoms with Crippen molar-refractivity contribution < 1.29 is 4.79 Å². The van der Waals surface area contributed by atoms with E-state index in [1.807, 2.05) is 61.5 Å². The van der Waals surface area contributed by atoms with E-state index in [-0.39, 0.29) is 12.1 Å². The molecule has 0 unspecified atom stereocenters. The van der Waals surface area contributed by atoms with Crippen molar-refractivity contribution >= 4 is 17.5 Å². The molecule has 6 nitrogen and oxygen atoms in total. The number of aryl methyl sites for hydroxylation is 1. The van der Waals surface area contributed by atoms with E-state index >= 15 is 0 Å². The Balaban J connectivity index is 1.35. The van der Waals surface area contributed by atoms with E-state index in [0.29, 0.717) is 0 Å². The van der Waals surface area contributed by atoms with E-state index < -0.39 is 0 Å². The summed E-state index contributed by atoms with van der Waals surface area (Å²) in [4.78, 5) is 23.5. The van der Waals surface area contributed by atoms with E-state index in [0.717, 1.165) is 54.3 Å². The van der Waals surface area contributed by atoms with Gasteiger partial charge in [-0.25, -0.2) is 9.78 Å². The van der Waals surface area contributed by atoms with Gasteiger partial charge in [-0.3, -0.25) is 4.98 Å². The Morgan fingerprint density at radius 1 is 1.00 bits per heavy atom. The van der Waals surface area contributed by atoms with Crippen LogP contribution in [0.3, 0.4) is 0 Å². The zero-order valence-electron chi connectivity index (χ0n) is 16.5. The molecule has 1 aliphatic rings. The van der Waals surface area contributed by atoms with E-state index in [1.54, 1.807) is 12.4 Å². The summed E-state index contributed by atoms with van der Waals surface area (Å²) in [6.45, 7) is 3.77. The van der Waals surface area contributed by atoms with Crippen LogP contribution in [0.25, 0.3) is 11.1 Å². The molecule has 0 spiro atoms. The van der Waals surface area contributed by atoms with Gasteiger partial charge in [-0.1, -0.05) is 24.3 Å². The molecule has 6 heteroatoms. The highest BCUT2D eigenvalue weighted by atomic mass is 16.2. The zero-order valence-corrected chi connectivity index (χ0v) is 16.5. The molecule has 1 saturated heterocycles. The maximum absolute atomic E-state index is 12.6. The van der Waals surface area contributed by atoms with Gasteiger partial charge >= 0.3 is 6.03 Å². The minimum absolute atomic E-state index is 0.157. The molecule has 0 bridgehead atoms. The quantitative estimate of drug-likeness (QED) is 0.702. The first-order chi connectivity index (χ1) is 14.2. The Hall–Kier alpha value is -3.41. The van der Waals surface area contributed by atoms with Crippen LogP contribution in [0.15, 0.2) is 67.0 Å². The number of urea groups is 1. The van der Waals surface area contributed by atoms with Gasteiger partial charge in [-0.2, -0.15) is 0 Å². The topological polar surface area (TPSA) is 70.2 Å². The van der Waals surface area contributed by atoms with E-state index in [9.17, 15) is 4.79 Å². The van der Waals surface area contributed by atoms with E-state index in [1.165, 1.54) is 0 Å². The number of carbonyl (C=O) groups is 1. The Morgan fingerprint density at radius 3 is 2.52 bits per heavy atom. The van der Waals surface area contributed by atoms with Crippen molar-refractivity contribution in [3.63, 3.8) is 0 Å². The molecular weight excluding hydrogens is 362 g/mol. The fourth-order valence-electron chi connectivity index (χ4n) is 3.68. The Kier molecular flexibility index (Phi) is 5.70. The number of piperidine rings is 1. The average Bonchev–Trinajstić information content (AvgIpc) is 2.75. The summed E-state index contributed by atoms with van der Waals surface area (Å²) >= 11 is 0. The normalized spacial score (nSPS) is 14.4. The fourth-order valence-corrected chi connectivity index (χ4v) is 3.68. The second-order valence-electron chi connectivity index (χ2n) is 7.28. The Bertz CT molecular complexity index is 968. The lowest BCUT2D eigenvalue weighted by Gasteiger charge is -2.33. The number of hydrogen-bond acceptors (Lipinski definition) is 4. The van der Waals surface area contributed by atoms with Crippen molar-refractivity contribution in [3.8, 4) is 11.1 Å². The number of rotatable bonds is 4. The van der Waals surface area contributed by atoms with Gasteiger partial charge < -0.3 is 15.5 Å². The third-order valence-corrected chi connectivity index (χ3v) is 5.19. The lowest BCUT2D eigenvalue weighted by molar-refractivity contribution is 0.246. The molecule has 1 aliphatic heterocycles. The molecule has 2 amide bonds. The summed E-state index contributed by atoms with van der Waals surface area (Å²) in [5.41, 5.74) is 3.81. The predicted octanol–water partition coefficient (Wildman–Crippen LogP) is 4.24. The highest BCUT2D eigenvalue weighted by molar-refractivity contribution is 5.94. The van der Waals surface area contributed by atoms with Gasteiger partial charge in [-0.05, 0) is 55.7 Å². The first kappa shape index (κ1) is 18.9. The van der Waals surface area contributed by atoms with Crippen LogP contribution in [0.5, 0.6) is 0 Å². The number of nitrogens with one attached hydrogen (secondary N) is 2. The number of carbonyl (C=O) groups excluding carboxylic acids is 1. The lowest BCUT2D eigenvalue weighted by Crippen LogP contribution is -2.46.